The highest BCUT2D eigenvalue weighted by molar-refractivity contribution is 5.46. The maximum atomic E-state index is 8.99. The summed E-state index contributed by atoms with van der Waals surface area (Å²) in [5, 5.41) is 8.99. The van der Waals surface area contributed by atoms with Crippen molar-refractivity contribution in [3.05, 3.63) is 23.4 Å². The molecule has 17 heavy (non-hydrogen) atoms. The summed E-state index contributed by atoms with van der Waals surface area (Å²) in [5.74, 6) is 1.77. The highest BCUT2D eigenvalue weighted by Crippen LogP contribution is 2.22. The van der Waals surface area contributed by atoms with Crippen LogP contribution < -0.4 is 4.90 Å². The molecule has 0 spiro atoms. The highest BCUT2D eigenvalue weighted by atomic mass is 15.2. The maximum absolute atomic E-state index is 8.99. The zero-order valence-corrected chi connectivity index (χ0v) is 10.6. The van der Waals surface area contributed by atoms with Crippen molar-refractivity contribution in [1.29, 1.82) is 5.26 Å². The summed E-state index contributed by atoms with van der Waals surface area (Å²) in [4.78, 5) is 6.86. The molecule has 3 heteroatoms. The number of nitrogens with zero attached hydrogens (tertiary/aromatic N) is 3. The van der Waals surface area contributed by atoms with Crippen molar-refractivity contribution < 1.29 is 0 Å². The predicted octanol–water partition coefficient (Wildman–Crippen LogP) is 2.89. The molecule has 1 fully saturated rings. The first-order valence-corrected chi connectivity index (χ1v) is 6.33. The van der Waals surface area contributed by atoms with Crippen LogP contribution in [-0.4, -0.2) is 18.1 Å². The van der Waals surface area contributed by atoms with Crippen molar-refractivity contribution in [2.75, 3.05) is 18.0 Å². The van der Waals surface area contributed by atoms with Gasteiger partial charge in [-0.1, -0.05) is 6.92 Å². The van der Waals surface area contributed by atoms with Crippen LogP contribution in [0.15, 0.2) is 12.1 Å². The quantitative estimate of drug-likeness (QED) is 0.743. The first kappa shape index (κ1) is 11.9. The molecule has 1 saturated heterocycles. The van der Waals surface area contributed by atoms with Gasteiger partial charge in [0, 0.05) is 18.8 Å². The molecule has 3 nitrogen and oxygen atoms in total. The number of aromatic nitrogens is 1. The van der Waals surface area contributed by atoms with E-state index in [1.54, 1.807) is 0 Å². The van der Waals surface area contributed by atoms with Gasteiger partial charge in [-0.3, -0.25) is 0 Å². The molecule has 1 unspecified atom stereocenters. The van der Waals surface area contributed by atoms with Gasteiger partial charge in [0.2, 0.25) is 0 Å². The van der Waals surface area contributed by atoms with Gasteiger partial charge in [0.1, 0.15) is 5.82 Å². The Morgan fingerprint density at radius 2 is 2.18 bits per heavy atom. The lowest BCUT2D eigenvalue weighted by atomic mass is 10.0. The van der Waals surface area contributed by atoms with Crippen LogP contribution >= 0.6 is 0 Å². The lowest BCUT2D eigenvalue weighted by molar-refractivity contribution is 0.521. The SMILES string of the molecule is Cc1cc(C#N)cc(N2CCCC(C)CC2)n1. The van der Waals surface area contributed by atoms with E-state index in [4.69, 9.17) is 5.26 Å². The molecule has 0 bridgehead atoms. The second-order valence-corrected chi connectivity index (χ2v) is 4.99. The van der Waals surface area contributed by atoms with Gasteiger partial charge in [0.25, 0.3) is 0 Å². The zero-order chi connectivity index (χ0) is 12.3. The fourth-order valence-electron chi connectivity index (χ4n) is 2.37. The summed E-state index contributed by atoms with van der Waals surface area (Å²) in [7, 11) is 0. The van der Waals surface area contributed by atoms with Crippen LogP contribution in [-0.2, 0) is 0 Å². The van der Waals surface area contributed by atoms with Crippen LogP contribution in [0.5, 0.6) is 0 Å². The number of nitriles is 1. The molecule has 0 radical (unpaired) electrons. The summed E-state index contributed by atoms with van der Waals surface area (Å²) in [6, 6.07) is 5.95. The van der Waals surface area contributed by atoms with Gasteiger partial charge in [-0.05, 0) is 44.2 Å². The Kier molecular flexibility index (Phi) is 3.63. The molecule has 0 amide bonds. The molecule has 1 aliphatic rings. The molecule has 1 aromatic rings. The molecule has 2 rings (SSSR count). The van der Waals surface area contributed by atoms with Crippen LogP contribution in [0.4, 0.5) is 5.82 Å². The standard InChI is InChI=1S/C14H19N3/c1-11-4-3-6-17(7-5-11)14-9-13(10-15)8-12(2)16-14/h8-9,11H,3-7H2,1-2H3. The average molecular weight is 229 g/mol. The topological polar surface area (TPSA) is 39.9 Å². The van der Waals surface area contributed by atoms with Crippen LogP contribution in [0.25, 0.3) is 0 Å². The van der Waals surface area contributed by atoms with Crippen molar-refractivity contribution in [3.8, 4) is 6.07 Å². The fraction of sp³-hybridized carbons (Fsp3) is 0.571. The van der Waals surface area contributed by atoms with E-state index in [9.17, 15) is 0 Å². The van der Waals surface area contributed by atoms with Crippen LogP contribution in [0.2, 0.25) is 0 Å². The van der Waals surface area contributed by atoms with Crippen LogP contribution in [0.1, 0.15) is 37.4 Å². The molecular formula is C14H19N3. The van der Waals surface area contributed by atoms with E-state index in [0.29, 0.717) is 5.56 Å². The first-order valence-electron chi connectivity index (χ1n) is 6.33. The molecule has 0 N–H and O–H groups in total. The minimum atomic E-state index is 0.713. The van der Waals surface area contributed by atoms with Gasteiger partial charge in [-0.25, -0.2) is 4.98 Å². The summed E-state index contributed by atoms with van der Waals surface area (Å²) >= 11 is 0. The zero-order valence-electron chi connectivity index (χ0n) is 10.6. The summed E-state index contributed by atoms with van der Waals surface area (Å²) in [6.07, 6.45) is 3.74. The third-order valence-electron chi connectivity index (χ3n) is 3.41. The molecule has 1 atom stereocenters. The van der Waals surface area contributed by atoms with Crippen molar-refractivity contribution >= 4 is 5.82 Å². The van der Waals surface area contributed by atoms with E-state index in [2.05, 4.69) is 22.9 Å². The number of rotatable bonds is 1. The van der Waals surface area contributed by atoms with Crippen molar-refractivity contribution in [2.45, 2.75) is 33.1 Å². The molecule has 1 aromatic heterocycles. The monoisotopic (exact) mass is 229 g/mol. The largest absolute Gasteiger partial charge is 0.357 e. The third-order valence-corrected chi connectivity index (χ3v) is 3.41. The van der Waals surface area contributed by atoms with Gasteiger partial charge in [-0.15, -0.1) is 0 Å². The molecule has 2 heterocycles. The van der Waals surface area contributed by atoms with E-state index < -0.39 is 0 Å². The van der Waals surface area contributed by atoms with Crippen molar-refractivity contribution in [1.82, 2.24) is 4.98 Å². The number of pyridine rings is 1. The molecular weight excluding hydrogens is 210 g/mol. The second-order valence-electron chi connectivity index (χ2n) is 4.99. The van der Waals surface area contributed by atoms with Gasteiger partial charge < -0.3 is 4.90 Å². The van der Waals surface area contributed by atoms with Gasteiger partial charge in [0.15, 0.2) is 0 Å². The maximum Gasteiger partial charge on any atom is 0.130 e. The van der Waals surface area contributed by atoms with Crippen LogP contribution in [0.3, 0.4) is 0 Å². The van der Waals surface area contributed by atoms with Crippen LogP contribution in [0, 0.1) is 24.2 Å². The van der Waals surface area contributed by atoms with E-state index in [-0.39, 0.29) is 0 Å². The average Bonchev–Trinajstić information content (AvgIpc) is 2.53. The Balaban J connectivity index is 2.21. The lowest BCUT2D eigenvalue weighted by Gasteiger charge is -2.22. The van der Waals surface area contributed by atoms with E-state index >= 15 is 0 Å². The van der Waals surface area contributed by atoms with E-state index in [1.165, 1.54) is 19.3 Å². The smallest absolute Gasteiger partial charge is 0.130 e. The van der Waals surface area contributed by atoms with Gasteiger partial charge in [0.05, 0.1) is 11.6 Å². The highest BCUT2D eigenvalue weighted by Gasteiger charge is 2.15. The normalized spacial score (nSPS) is 20.8. The number of aryl methyl sites for hydroxylation is 1. The van der Waals surface area contributed by atoms with Crippen molar-refractivity contribution in [3.63, 3.8) is 0 Å². The Morgan fingerprint density at radius 3 is 2.94 bits per heavy atom. The molecule has 90 valence electrons. The third kappa shape index (κ3) is 2.97. The summed E-state index contributed by atoms with van der Waals surface area (Å²) in [5.41, 5.74) is 1.64. The number of hydrogen-bond donors (Lipinski definition) is 0. The minimum Gasteiger partial charge on any atom is -0.357 e. The second kappa shape index (κ2) is 5.18. The minimum absolute atomic E-state index is 0.713. The van der Waals surface area contributed by atoms with Crippen molar-refractivity contribution in [2.24, 2.45) is 5.92 Å². The van der Waals surface area contributed by atoms with E-state index in [0.717, 1.165) is 30.5 Å². The lowest BCUT2D eigenvalue weighted by Crippen LogP contribution is -2.25. The van der Waals surface area contributed by atoms with Gasteiger partial charge >= 0.3 is 0 Å². The molecule has 0 aliphatic carbocycles. The first-order chi connectivity index (χ1) is 8.19. The Labute approximate surface area is 103 Å². The number of hydrogen-bond acceptors (Lipinski definition) is 3. The van der Waals surface area contributed by atoms with E-state index in [1.807, 2.05) is 19.1 Å². The summed E-state index contributed by atoms with van der Waals surface area (Å²) in [6.45, 7) is 6.38. The predicted molar refractivity (Wildman–Crippen MR) is 68.9 cm³/mol. The molecule has 0 saturated carbocycles. The molecule has 0 aromatic carbocycles. The van der Waals surface area contributed by atoms with Gasteiger partial charge in [-0.2, -0.15) is 5.26 Å². The Hall–Kier alpha value is -1.56. The fourth-order valence-corrected chi connectivity index (χ4v) is 2.37. The summed E-state index contributed by atoms with van der Waals surface area (Å²) < 4.78 is 0. The molecule has 1 aliphatic heterocycles. The Bertz CT molecular complexity index is 434. The Morgan fingerprint density at radius 1 is 1.35 bits per heavy atom. The number of anilines is 1.